The van der Waals surface area contributed by atoms with Gasteiger partial charge in [0.05, 0.1) is 11.7 Å². The van der Waals surface area contributed by atoms with Crippen LogP contribution in [-0.2, 0) is 13.5 Å². The highest BCUT2D eigenvalue weighted by atomic mass is 35.5. The largest absolute Gasteiger partial charge is 0.271 e. The fourth-order valence-corrected chi connectivity index (χ4v) is 2.49. The molecule has 2 heterocycles. The number of hydrogen-bond acceptors (Lipinski definition) is 4. The second-order valence-electron chi connectivity index (χ2n) is 4.58. The Labute approximate surface area is 117 Å². The van der Waals surface area contributed by atoms with Gasteiger partial charge in [-0.2, -0.15) is 5.10 Å². The highest BCUT2D eigenvalue weighted by Crippen LogP contribution is 2.26. The fourth-order valence-electron chi connectivity index (χ4n) is 2.23. The lowest BCUT2D eigenvalue weighted by Crippen LogP contribution is -2.30. The fraction of sp³-hybridized carbons (Fsp3) is 0.385. The van der Waals surface area contributed by atoms with E-state index in [2.05, 4.69) is 15.5 Å². The molecule has 0 aromatic carbocycles. The Morgan fingerprint density at radius 2 is 2.16 bits per heavy atom. The molecule has 0 spiro atoms. The van der Waals surface area contributed by atoms with Crippen molar-refractivity contribution in [3.8, 4) is 0 Å². The van der Waals surface area contributed by atoms with Crippen molar-refractivity contribution in [2.75, 3.05) is 0 Å². The van der Waals surface area contributed by atoms with E-state index in [4.69, 9.17) is 17.4 Å². The molecule has 0 aliphatic rings. The van der Waals surface area contributed by atoms with E-state index in [9.17, 15) is 0 Å². The summed E-state index contributed by atoms with van der Waals surface area (Å²) in [5, 5.41) is 4.97. The minimum Gasteiger partial charge on any atom is -0.271 e. The van der Waals surface area contributed by atoms with Crippen molar-refractivity contribution in [3.63, 3.8) is 0 Å². The quantitative estimate of drug-likeness (QED) is 0.662. The Morgan fingerprint density at radius 3 is 2.68 bits per heavy atom. The van der Waals surface area contributed by atoms with Gasteiger partial charge in [-0.15, -0.1) is 0 Å². The van der Waals surface area contributed by atoms with Crippen LogP contribution in [0.5, 0.6) is 0 Å². The predicted octanol–water partition coefficient (Wildman–Crippen LogP) is 1.83. The molecule has 5 nitrogen and oxygen atoms in total. The molecule has 1 unspecified atom stereocenters. The molecule has 102 valence electrons. The Kier molecular flexibility index (Phi) is 4.19. The van der Waals surface area contributed by atoms with Crippen molar-refractivity contribution in [3.05, 3.63) is 46.0 Å². The number of aryl methyl sites for hydroxylation is 3. The smallest absolute Gasteiger partial charge is 0.130 e. The standard InChI is InChI=1S/C13H18ClN5/c1-8-10(5-4-6-16-8)12(17-15)7-11-9(2)18-19(3)13(11)14/h4-6,12,17H,7,15H2,1-3H3. The van der Waals surface area contributed by atoms with Gasteiger partial charge in [0.25, 0.3) is 0 Å². The van der Waals surface area contributed by atoms with Crippen molar-refractivity contribution in [2.45, 2.75) is 26.3 Å². The van der Waals surface area contributed by atoms with Crippen molar-refractivity contribution >= 4 is 11.6 Å². The van der Waals surface area contributed by atoms with Crippen LogP contribution in [0.15, 0.2) is 18.3 Å². The van der Waals surface area contributed by atoms with Crippen molar-refractivity contribution in [1.29, 1.82) is 0 Å². The summed E-state index contributed by atoms with van der Waals surface area (Å²) in [4.78, 5) is 4.29. The lowest BCUT2D eigenvalue weighted by atomic mass is 9.99. The number of pyridine rings is 1. The van der Waals surface area contributed by atoms with Gasteiger partial charge < -0.3 is 0 Å². The van der Waals surface area contributed by atoms with Gasteiger partial charge in [0.15, 0.2) is 0 Å². The van der Waals surface area contributed by atoms with Crippen LogP contribution >= 0.6 is 11.6 Å². The molecule has 0 aliphatic carbocycles. The van der Waals surface area contributed by atoms with Crippen LogP contribution in [0.25, 0.3) is 0 Å². The third kappa shape index (κ3) is 2.78. The Bertz CT molecular complexity index is 578. The van der Waals surface area contributed by atoms with Crippen LogP contribution in [0.2, 0.25) is 5.15 Å². The van der Waals surface area contributed by atoms with Crippen LogP contribution in [-0.4, -0.2) is 14.8 Å². The molecule has 2 aromatic heterocycles. The summed E-state index contributed by atoms with van der Waals surface area (Å²) in [6, 6.07) is 3.89. The number of hydrazine groups is 1. The van der Waals surface area contributed by atoms with Crippen LogP contribution in [0.1, 0.15) is 28.6 Å². The Hall–Kier alpha value is -1.43. The van der Waals surface area contributed by atoms with Crippen molar-refractivity contribution in [1.82, 2.24) is 20.2 Å². The van der Waals surface area contributed by atoms with Gasteiger partial charge in [-0.25, -0.2) is 0 Å². The van der Waals surface area contributed by atoms with E-state index in [-0.39, 0.29) is 6.04 Å². The third-order valence-electron chi connectivity index (χ3n) is 3.30. The lowest BCUT2D eigenvalue weighted by Gasteiger charge is -2.17. The van der Waals surface area contributed by atoms with Crippen LogP contribution in [0.3, 0.4) is 0 Å². The zero-order chi connectivity index (χ0) is 14.0. The summed E-state index contributed by atoms with van der Waals surface area (Å²) in [5.74, 6) is 5.68. The highest BCUT2D eigenvalue weighted by Gasteiger charge is 2.19. The molecule has 6 heteroatoms. The number of nitrogens with zero attached hydrogens (tertiary/aromatic N) is 3. The number of halogens is 1. The summed E-state index contributed by atoms with van der Waals surface area (Å²) < 4.78 is 1.68. The predicted molar refractivity (Wildman–Crippen MR) is 75.7 cm³/mol. The first-order valence-electron chi connectivity index (χ1n) is 6.10. The van der Waals surface area contributed by atoms with Gasteiger partial charge in [-0.3, -0.25) is 20.9 Å². The monoisotopic (exact) mass is 279 g/mol. The molecule has 3 N–H and O–H groups in total. The minimum atomic E-state index is -0.0332. The molecule has 0 radical (unpaired) electrons. The Balaban J connectivity index is 2.32. The molecule has 0 amide bonds. The number of hydrogen-bond donors (Lipinski definition) is 2. The van der Waals surface area contributed by atoms with E-state index < -0.39 is 0 Å². The Morgan fingerprint density at radius 1 is 1.42 bits per heavy atom. The molecule has 0 saturated heterocycles. The van der Waals surface area contributed by atoms with Gasteiger partial charge in [0.1, 0.15) is 5.15 Å². The molecule has 19 heavy (non-hydrogen) atoms. The first kappa shape index (κ1) is 14.0. The number of aromatic nitrogens is 3. The van der Waals surface area contributed by atoms with Gasteiger partial charge in [0, 0.05) is 24.5 Å². The molecule has 2 aromatic rings. The maximum absolute atomic E-state index is 6.26. The highest BCUT2D eigenvalue weighted by molar-refractivity contribution is 6.30. The summed E-state index contributed by atoms with van der Waals surface area (Å²) in [7, 11) is 1.83. The first-order valence-corrected chi connectivity index (χ1v) is 6.48. The van der Waals surface area contributed by atoms with Crippen LogP contribution < -0.4 is 11.3 Å². The van der Waals surface area contributed by atoms with Gasteiger partial charge in [-0.1, -0.05) is 17.7 Å². The summed E-state index contributed by atoms with van der Waals surface area (Å²) >= 11 is 6.26. The van der Waals surface area contributed by atoms with Crippen LogP contribution in [0, 0.1) is 13.8 Å². The maximum Gasteiger partial charge on any atom is 0.130 e. The normalized spacial score (nSPS) is 12.7. The van der Waals surface area contributed by atoms with Gasteiger partial charge >= 0.3 is 0 Å². The molecular formula is C13H18ClN5. The second kappa shape index (κ2) is 5.69. The van der Waals surface area contributed by atoms with E-state index in [1.54, 1.807) is 10.9 Å². The van der Waals surface area contributed by atoms with E-state index >= 15 is 0 Å². The van der Waals surface area contributed by atoms with Crippen LogP contribution in [0.4, 0.5) is 0 Å². The summed E-state index contributed by atoms with van der Waals surface area (Å²) in [5.41, 5.74) is 6.81. The first-order chi connectivity index (χ1) is 9.04. The SMILES string of the molecule is Cc1ncccc1C(Cc1c(C)nn(C)c1Cl)NN. The molecule has 0 aliphatic heterocycles. The average Bonchev–Trinajstić information content (AvgIpc) is 2.63. The third-order valence-corrected chi connectivity index (χ3v) is 3.78. The zero-order valence-electron chi connectivity index (χ0n) is 11.3. The zero-order valence-corrected chi connectivity index (χ0v) is 12.1. The molecule has 1 atom stereocenters. The molecule has 0 saturated carbocycles. The lowest BCUT2D eigenvalue weighted by molar-refractivity contribution is 0.546. The number of nitrogens with two attached hydrogens (primary N) is 1. The van der Waals surface area contributed by atoms with Crippen molar-refractivity contribution in [2.24, 2.45) is 12.9 Å². The van der Waals surface area contributed by atoms with E-state index in [1.165, 1.54) is 0 Å². The summed E-state index contributed by atoms with van der Waals surface area (Å²) in [6.07, 6.45) is 2.45. The molecule has 2 rings (SSSR count). The number of rotatable bonds is 4. The average molecular weight is 280 g/mol. The number of nitrogens with one attached hydrogen (secondary N) is 1. The van der Waals surface area contributed by atoms with E-state index in [0.29, 0.717) is 11.6 Å². The second-order valence-corrected chi connectivity index (χ2v) is 4.94. The topological polar surface area (TPSA) is 68.8 Å². The van der Waals surface area contributed by atoms with Gasteiger partial charge in [-0.05, 0) is 31.9 Å². The maximum atomic E-state index is 6.26. The minimum absolute atomic E-state index is 0.0332. The molecule has 0 fully saturated rings. The van der Waals surface area contributed by atoms with Gasteiger partial charge in [0.2, 0.25) is 0 Å². The van der Waals surface area contributed by atoms with Crippen molar-refractivity contribution < 1.29 is 0 Å². The van der Waals surface area contributed by atoms with E-state index in [1.807, 2.05) is 33.0 Å². The molecule has 0 bridgehead atoms. The van der Waals surface area contributed by atoms with E-state index in [0.717, 1.165) is 22.5 Å². The molecular weight excluding hydrogens is 262 g/mol. The summed E-state index contributed by atoms with van der Waals surface area (Å²) in [6.45, 7) is 3.92.